The van der Waals surface area contributed by atoms with Gasteiger partial charge < -0.3 is 24.9 Å². The average molecular weight is 991 g/mol. The maximum Gasteiger partial charge on any atom is 0.201 e. The highest BCUT2D eigenvalue weighted by molar-refractivity contribution is 6.31. The predicted octanol–water partition coefficient (Wildman–Crippen LogP) is 13.4. The Hall–Kier alpha value is -3.17. The number of aldehydes is 1. The largest absolute Gasteiger partial charge is 0.382 e. The quantitative estimate of drug-likeness (QED) is 0.122. The van der Waals surface area contributed by atoms with Gasteiger partial charge in [0.25, 0.3) is 0 Å². The molecule has 2 N–H and O–H groups in total. The van der Waals surface area contributed by atoms with Crippen molar-refractivity contribution in [1.29, 1.82) is 0 Å². The molecule has 2 aromatic heterocycles. The van der Waals surface area contributed by atoms with Gasteiger partial charge in [-0.1, -0.05) is 30.1 Å². The first kappa shape index (κ1) is 52.2. The Morgan fingerprint density at radius 1 is 0.609 bits per heavy atom. The number of benzene rings is 2. The van der Waals surface area contributed by atoms with E-state index < -0.39 is 11.6 Å². The van der Waals surface area contributed by atoms with Crippen LogP contribution in [-0.4, -0.2) is 87.9 Å². The number of fused-ring (bicyclic) bond motifs is 2. The van der Waals surface area contributed by atoms with Gasteiger partial charge in [-0.25, -0.2) is 19.6 Å². The van der Waals surface area contributed by atoms with E-state index in [0.29, 0.717) is 37.4 Å². The normalized spacial score (nSPS) is 28.9. The number of carbonyl (C=O) groups excluding carboxylic acids is 1. The molecule has 4 aliphatic carbocycles. The third kappa shape index (κ3) is 13.7. The van der Waals surface area contributed by atoms with Gasteiger partial charge in [0, 0.05) is 94.4 Å². The number of carbonyl (C=O) groups is 1. The van der Waals surface area contributed by atoms with Gasteiger partial charge in [0.2, 0.25) is 11.6 Å². The molecule has 2 aliphatic heterocycles. The first-order valence-electron chi connectivity index (χ1n) is 26.0. The second kappa shape index (κ2) is 23.1. The lowest BCUT2D eigenvalue weighted by Crippen LogP contribution is -2.54. The number of halogens is 2. The average Bonchev–Trinajstić information content (AvgIpc) is 3.34. The van der Waals surface area contributed by atoms with Crippen molar-refractivity contribution < 1.29 is 33.8 Å². The minimum absolute atomic E-state index is 0.343. The lowest BCUT2D eigenvalue weighted by molar-refractivity contribution is -0.512. The van der Waals surface area contributed by atoms with E-state index in [1.807, 2.05) is 64.4 Å². The van der Waals surface area contributed by atoms with Crippen molar-refractivity contribution in [1.82, 2.24) is 14.9 Å². The third-order valence-electron chi connectivity index (χ3n) is 15.4. The summed E-state index contributed by atoms with van der Waals surface area (Å²) in [5, 5.41) is 11.3. The summed E-state index contributed by atoms with van der Waals surface area (Å²) in [5.41, 5.74) is 3.52. The molecule has 4 heterocycles. The molecule has 14 heteroatoms. The molecule has 2 spiro atoms. The fourth-order valence-electron chi connectivity index (χ4n) is 11.6. The van der Waals surface area contributed by atoms with Crippen LogP contribution in [0.3, 0.4) is 0 Å². The summed E-state index contributed by atoms with van der Waals surface area (Å²) in [7, 11) is 0. The Morgan fingerprint density at radius 2 is 1.03 bits per heavy atom. The Kier molecular flexibility index (Phi) is 17.5. The number of aromatic nitrogens is 2. The van der Waals surface area contributed by atoms with Crippen LogP contribution in [-0.2, 0) is 33.8 Å². The van der Waals surface area contributed by atoms with Crippen molar-refractivity contribution >= 4 is 62.7 Å². The van der Waals surface area contributed by atoms with Crippen molar-refractivity contribution in [2.24, 2.45) is 11.8 Å². The summed E-state index contributed by atoms with van der Waals surface area (Å²) in [4.78, 5) is 43.2. The van der Waals surface area contributed by atoms with E-state index >= 15 is 0 Å². The molecule has 0 bridgehead atoms. The Balaban J connectivity index is 0.000000176. The number of nitrogens with one attached hydrogen (secondary N) is 2. The minimum Gasteiger partial charge on any atom is -0.382 e. The molecule has 0 unspecified atom stereocenters. The number of hydrogen-bond acceptors (Lipinski definition) is 12. The topological polar surface area (TPSA) is 126 Å². The molecule has 6 fully saturated rings. The lowest BCUT2D eigenvalue weighted by atomic mass is 9.75. The zero-order chi connectivity index (χ0) is 48.7. The zero-order valence-electron chi connectivity index (χ0n) is 41.9. The Morgan fingerprint density at radius 3 is 1.46 bits per heavy atom. The minimum atomic E-state index is -0.537. The number of anilines is 2. The van der Waals surface area contributed by atoms with Crippen LogP contribution in [0.5, 0.6) is 0 Å². The number of nitrogens with zero attached hydrogens (tertiary/aromatic N) is 3. The number of hydrogen-bond donors (Lipinski definition) is 2. The van der Waals surface area contributed by atoms with E-state index in [9.17, 15) is 0 Å². The second-order valence-electron chi connectivity index (χ2n) is 21.8. The van der Waals surface area contributed by atoms with Crippen LogP contribution < -0.4 is 10.6 Å². The lowest BCUT2D eigenvalue weighted by Gasteiger charge is -2.48. The molecule has 378 valence electrons. The first-order chi connectivity index (χ1) is 33.2. The fraction of sp³-hybridized carbons (Fsp3) is 0.655. The van der Waals surface area contributed by atoms with Crippen LogP contribution in [0.2, 0.25) is 10.0 Å². The SMILES string of the molecule is CC1(C)COC2(CCC(CC3CCC(Nc4ccnc5cc(Cl)ccc45)CC3)CC2)OO1.CC=O.CCN(C1CCC(Nc2ccnc3cc(Cl)ccc23)CC1)C1CCC2(CC1)OCC(C)(C)OO2. The highest BCUT2D eigenvalue weighted by atomic mass is 35.5. The summed E-state index contributed by atoms with van der Waals surface area (Å²) in [6.07, 6.45) is 24.0. The molecular formula is C55H77Cl2N5O7. The van der Waals surface area contributed by atoms with Gasteiger partial charge in [-0.15, -0.1) is 0 Å². The van der Waals surface area contributed by atoms with Gasteiger partial charge >= 0.3 is 0 Å². The van der Waals surface area contributed by atoms with Crippen molar-refractivity contribution in [2.45, 2.75) is 198 Å². The van der Waals surface area contributed by atoms with Crippen LogP contribution in [0.15, 0.2) is 60.9 Å². The molecule has 4 saturated carbocycles. The number of pyridine rings is 2. The smallest absolute Gasteiger partial charge is 0.201 e. The zero-order valence-corrected chi connectivity index (χ0v) is 43.4. The summed E-state index contributed by atoms with van der Waals surface area (Å²) >= 11 is 12.3. The summed E-state index contributed by atoms with van der Waals surface area (Å²) < 4.78 is 12.3. The van der Waals surface area contributed by atoms with E-state index in [0.717, 1.165) is 101 Å². The standard InChI is InChI=1S/C27H38ClN3O3.C26H35ClN2O3.C2H4O/c1-4-31(22-11-14-27(15-12-22)32-18-26(2,3)33-34-27)21-8-6-20(7-9-21)30-24-13-16-29-25-17-19(28)5-10-23(24)25;1-25(2)17-30-26(32-31-25)12-9-19(10-13-26)15-18-3-6-21(7-4-18)29-23-11-14-28-24-16-20(27)5-8-22(23)24;1-2-3/h5,10,13,16-17,20-22H,4,6-9,11-12,14-15,18H2,1-3H3,(H,29,30);5,8,11,14,16,18-19,21H,3-4,6-7,9-10,12-13,15,17H2,1-2H3,(H,28,29);2H,1H3. The first-order valence-corrected chi connectivity index (χ1v) is 26.7. The van der Waals surface area contributed by atoms with Crippen molar-refractivity contribution in [3.8, 4) is 0 Å². The van der Waals surface area contributed by atoms with Gasteiger partial charge in [-0.2, -0.15) is 0 Å². The van der Waals surface area contributed by atoms with Crippen LogP contribution in [0.1, 0.15) is 151 Å². The molecule has 0 atom stereocenters. The van der Waals surface area contributed by atoms with Crippen molar-refractivity contribution in [3.63, 3.8) is 0 Å². The van der Waals surface area contributed by atoms with Crippen molar-refractivity contribution in [3.05, 3.63) is 71.0 Å². The highest BCUT2D eigenvalue weighted by Gasteiger charge is 2.47. The van der Waals surface area contributed by atoms with Gasteiger partial charge in [-0.3, -0.25) is 14.9 Å². The molecular weight excluding hydrogens is 914 g/mol. The highest BCUT2D eigenvalue weighted by Crippen LogP contribution is 2.44. The molecule has 2 aromatic carbocycles. The van der Waals surface area contributed by atoms with Crippen LogP contribution in [0.25, 0.3) is 21.8 Å². The van der Waals surface area contributed by atoms with Gasteiger partial charge in [0.15, 0.2) is 0 Å². The van der Waals surface area contributed by atoms with Gasteiger partial charge in [0.05, 0.1) is 24.2 Å². The van der Waals surface area contributed by atoms with Gasteiger partial charge in [0.1, 0.15) is 17.5 Å². The van der Waals surface area contributed by atoms with Crippen LogP contribution in [0, 0.1) is 11.8 Å². The molecule has 0 radical (unpaired) electrons. The maximum atomic E-state index is 8.81. The van der Waals surface area contributed by atoms with Crippen LogP contribution in [0.4, 0.5) is 11.4 Å². The number of ether oxygens (including phenoxy) is 2. The molecule has 2 saturated heterocycles. The fourth-order valence-corrected chi connectivity index (χ4v) is 11.9. The van der Waals surface area contributed by atoms with E-state index in [1.165, 1.54) is 83.2 Å². The number of rotatable bonds is 9. The monoisotopic (exact) mass is 990 g/mol. The van der Waals surface area contributed by atoms with Crippen LogP contribution >= 0.6 is 23.2 Å². The third-order valence-corrected chi connectivity index (χ3v) is 15.9. The predicted molar refractivity (Wildman–Crippen MR) is 275 cm³/mol. The molecule has 4 aromatic rings. The van der Waals surface area contributed by atoms with E-state index in [2.05, 4.69) is 56.7 Å². The molecule has 69 heavy (non-hydrogen) atoms. The Bertz CT molecular complexity index is 2260. The molecule has 12 nitrogen and oxygen atoms in total. The van der Waals surface area contributed by atoms with E-state index in [4.69, 9.17) is 57.0 Å². The summed E-state index contributed by atoms with van der Waals surface area (Å²) in [6, 6.07) is 18.3. The van der Waals surface area contributed by atoms with E-state index in [1.54, 1.807) is 0 Å². The molecule has 6 aliphatic rings. The van der Waals surface area contributed by atoms with Crippen molar-refractivity contribution in [2.75, 3.05) is 30.4 Å². The second-order valence-corrected chi connectivity index (χ2v) is 22.7. The molecule has 0 amide bonds. The summed E-state index contributed by atoms with van der Waals surface area (Å²) in [5.74, 6) is 0.588. The maximum absolute atomic E-state index is 8.81. The van der Waals surface area contributed by atoms with Gasteiger partial charge in [-0.05, 0) is 185 Å². The Labute approximate surface area is 420 Å². The van der Waals surface area contributed by atoms with E-state index in [-0.39, 0.29) is 11.2 Å². The molecule has 10 rings (SSSR count). The summed E-state index contributed by atoms with van der Waals surface area (Å²) in [6.45, 7) is 14.1.